The average Bonchev–Trinajstić information content (AvgIpc) is 2.67. The molecule has 0 radical (unpaired) electrons. The van der Waals surface area contributed by atoms with Gasteiger partial charge in [-0.1, -0.05) is 31.2 Å². The summed E-state index contributed by atoms with van der Waals surface area (Å²) < 4.78 is 12.9. The number of rotatable bonds is 9. The number of nitrogens with zero attached hydrogens (tertiary/aromatic N) is 1. The van der Waals surface area contributed by atoms with Crippen molar-refractivity contribution >= 4 is 23.3 Å². The first-order valence-electron chi connectivity index (χ1n) is 9.02. The predicted octanol–water partition coefficient (Wildman–Crippen LogP) is 2.61. The van der Waals surface area contributed by atoms with E-state index in [1.165, 1.54) is 19.1 Å². The van der Waals surface area contributed by atoms with Crippen LogP contribution >= 0.6 is 0 Å². The fourth-order valence-electron chi connectivity index (χ4n) is 2.63. The maximum atomic E-state index is 12.9. The summed E-state index contributed by atoms with van der Waals surface area (Å²) in [6.07, 6.45) is 0. The van der Waals surface area contributed by atoms with E-state index in [2.05, 4.69) is 10.6 Å². The largest absolute Gasteiger partial charge is 0.351 e. The zero-order valence-corrected chi connectivity index (χ0v) is 16.0. The number of carbonyl (C=O) groups excluding carboxylic acids is 3. The molecule has 0 heterocycles. The summed E-state index contributed by atoms with van der Waals surface area (Å²) in [5.74, 6) is -1.00. The lowest BCUT2D eigenvalue weighted by molar-refractivity contribution is -0.123. The third-order valence-electron chi connectivity index (χ3n) is 4.17. The molecule has 0 aromatic heterocycles. The van der Waals surface area contributed by atoms with Crippen LogP contribution in [0.5, 0.6) is 0 Å². The number of likely N-dealkylation sites (N-methyl/N-ethyl adjacent to an activating group) is 1. The first kappa shape index (κ1) is 21.2. The summed E-state index contributed by atoms with van der Waals surface area (Å²) in [5.41, 5.74) is 1.68. The molecule has 2 aromatic carbocycles. The Hall–Kier alpha value is -3.06. The number of ketones is 1. The van der Waals surface area contributed by atoms with Gasteiger partial charge in [-0.3, -0.25) is 19.3 Å². The van der Waals surface area contributed by atoms with Crippen LogP contribution < -0.4 is 10.6 Å². The van der Waals surface area contributed by atoms with Gasteiger partial charge in [0.05, 0.1) is 18.8 Å². The van der Waals surface area contributed by atoms with E-state index in [1.54, 1.807) is 41.3 Å². The van der Waals surface area contributed by atoms with Crippen LogP contribution in [0.15, 0.2) is 48.5 Å². The highest BCUT2D eigenvalue weighted by molar-refractivity contribution is 6.04. The highest BCUT2D eigenvalue weighted by Gasteiger charge is 2.15. The molecule has 0 fully saturated rings. The van der Waals surface area contributed by atoms with E-state index in [-0.39, 0.29) is 43.0 Å². The molecule has 6 nitrogen and oxygen atoms in total. The summed E-state index contributed by atoms with van der Waals surface area (Å²) >= 11 is 0. The quantitative estimate of drug-likeness (QED) is 0.651. The van der Waals surface area contributed by atoms with Gasteiger partial charge in [-0.05, 0) is 43.3 Å². The molecule has 0 unspecified atom stereocenters. The van der Waals surface area contributed by atoms with Crippen molar-refractivity contribution in [2.75, 3.05) is 25.0 Å². The number of amides is 2. The number of para-hydroxylation sites is 1. The topological polar surface area (TPSA) is 78.5 Å². The SMILES string of the molecule is CCN(CC(=O)NCc1ccc(F)cc1)CC(=O)Nc1ccccc1C(C)=O. The van der Waals surface area contributed by atoms with Gasteiger partial charge >= 0.3 is 0 Å². The number of anilines is 1. The van der Waals surface area contributed by atoms with Crippen molar-refractivity contribution in [3.8, 4) is 0 Å². The number of Topliss-reactive ketones (excluding diaryl/α,β-unsaturated/α-hetero) is 1. The standard InChI is InChI=1S/C21H24FN3O3/c1-3-25(13-20(27)23-12-16-8-10-17(22)11-9-16)14-21(28)24-19-7-5-4-6-18(19)15(2)26/h4-11H,3,12-14H2,1-2H3,(H,23,27)(H,24,28). The predicted molar refractivity (Wildman–Crippen MR) is 105 cm³/mol. The first-order chi connectivity index (χ1) is 13.4. The third kappa shape index (κ3) is 6.59. The summed E-state index contributed by atoms with van der Waals surface area (Å²) in [7, 11) is 0. The number of hydrogen-bond acceptors (Lipinski definition) is 4. The van der Waals surface area contributed by atoms with E-state index in [1.807, 2.05) is 6.92 Å². The van der Waals surface area contributed by atoms with Gasteiger partial charge in [0, 0.05) is 12.1 Å². The van der Waals surface area contributed by atoms with E-state index in [4.69, 9.17) is 0 Å². The minimum Gasteiger partial charge on any atom is -0.351 e. The Morgan fingerprint density at radius 2 is 1.61 bits per heavy atom. The molecule has 0 bridgehead atoms. The van der Waals surface area contributed by atoms with Crippen LogP contribution in [0.3, 0.4) is 0 Å². The van der Waals surface area contributed by atoms with E-state index in [0.717, 1.165) is 5.56 Å². The van der Waals surface area contributed by atoms with Crippen LogP contribution in [0.25, 0.3) is 0 Å². The molecular weight excluding hydrogens is 361 g/mol. The van der Waals surface area contributed by atoms with Crippen LogP contribution in [-0.2, 0) is 16.1 Å². The second kappa shape index (κ2) is 10.3. The fourth-order valence-corrected chi connectivity index (χ4v) is 2.63. The number of benzene rings is 2. The molecule has 148 valence electrons. The van der Waals surface area contributed by atoms with Crippen molar-refractivity contribution in [2.24, 2.45) is 0 Å². The molecule has 28 heavy (non-hydrogen) atoms. The highest BCUT2D eigenvalue weighted by Crippen LogP contribution is 2.15. The highest BCUT2D eigenvalue weighted by atomic mass is 19.1. The fraction of sp³-hybridized carbons (Fsp3) is 0.286. The maximum absolute atomic E-state index is 12.9. The molecule has 7 heteroatoms. The molecule has 0 aliphatic carbocycles. The Labute approximate surface area is 163 Å². The van der Waals surface area contributed by atoms with E-state index in [0.29, 0.717) is 17.8 Å². The molecule has 0 spiro atoms. The van der Waals surface area contributed by atoms with Gasteiger partial charge < -0.3 is 10.6 Å². The molecule has 0 atom stereocenters. The minimum atomic E-state index is -0.329. The van der Waals surface area contributed by atoms with E-state index < -0.39 is 0 Å². The maximum Gasteiger partial charge on any atom is 0.238 e. The molecule has 0 saturated heterocycles. The average molecular weight is 385 g/mol. The second-order valence-corrected chi connectivity index (χ2v) is 6.36. The van der Waals surface area contributed by atoms with Gasteiger partial charge in [0.25, 0.3) is 0 Å². The Kier molecular flexibility index (Phi) is 7.83. The van der Waals surface area contributed by atoms with Crippen molar-refractivity contribution < 1.29 is 18.8 Å². The van der Waals surface area contributed by atoms with Gasteiger partial charge in [-0.15, -0.1) is 0 Å². The third-order valence-corrected chi connectivity index (χ3v) is 4.17. The van der Waals surface area contributed by atoms with Gasteiger partial charge in [-0.25, -0.2) is 4.39 Å². The lowest BCUT2D eigenvalue weighted by Gasteiger charge is -2.19. The second-order valence-electron chi connectivity index (χ2n) is 6.36. The van der Waals surface area contributed by atoms with E-state index >= 15 is 0 Å². The molecule has 0 aliphatic heterocycles. The summed E-state index contributed by atoms with van der Waals surface area (Å²) in [6, 6.07) is 12.7. The van der Waals surface area contributed by atoms with Gasteiger partial charge in [0.2, 0.25) is 11.8 Å². The molecule has 2 amide bonds. The molecule has 2 aromatic rings. The van der Waals surface area contributed by atoms with Gasteiger partial charge in [0.1, 0.15) is 5.82 Å². The zero-order chi connectivity index (χ0) is 20.5. The van der Waals surface area contributed by atoms with Crippen LogP contribution in [-0.4, -0.2) is 42.1 Å². The lowest BCUT2D eigenvalue weighted by atomic mass is 10.1. The Morgan fingerprint density at radius 1 is 0.964 bits per heavy atom. The van der Waals surface area contributed by atoms with Gasteiger partial charge in [-0.2, -0.15) is 0 Å². The Morgan fingerprint density at radius 3 is 2.25 bits per heavy atom. The van der Waals surface area contributed by atoms with Crippen molar-refractivity contribution in [2.45, 2.75) is 20.4 Å². The molecule has 2 N–H and O–H groups in total. The van der Waals surface area contributed by atoms with Crippen molar-refractivity contribution in [3.63, 3.8) is 0 Å². The first-order valence-corrected chi connectivity index (χ1v) is 9.02. The Bertz CT molecular complexity index is 837. The lowest BCUT2D eigenvalue weighted by Crippen LogP contribution is -2.41. The van der Waals surface area contributed by atoms with E-state index in [9.17, 15) is 18.8 Å². The molecule has 0 aliphatic rings. The summed E-state index contributed by atoms with van der Waals surface area (Å²) in [4.78, 5) is 37.8. The molecular formula is C21H24FN3O3. The van der Waals surface area contributed by atoms with Crippen molar-refractivity contribution in [3.05, 3.63) is 65.5 Å². The Balaban J connectivity index is 1.85. The summed E-state index contributed by atoms with van der Waals surface area (Å²) in [6.45, 7) is 4.16. The molecule has 0 saturated carbocycles. The van der Waals surface area contributed by atoms with Crippen LogP contribution in [0.1, 0.15) is 29.8 Å². The minimum absolute atomic E-state index is 0.0205. The van der Waals surface area contributed by atoms with Gasteiger partial charge in [0.15, 0.2) is 5.78 Å². The number of halogens is 1. The van der Waals surface area contributed by atoms with Crippen molar-refractivity contribution in [1.29, 1.82) is 0 Å². The van der Waals surface area contributed by atoms with Crippen LogP contribution in [0.2, 0.25) is 0 Å². The monoisotopic (exact) mass is 385 g/mol. The zero-order valence-electron chi connectivity index (χ0n) is 16.0. The van der Waals surface area contributed by atoms with Crippen molar-refractivity contribution in [1.82, 2.24) is 10.2 Å². The number of nitrogens with one attached hydrogen (secondary N) is 2. The normalized spacial score (nSPS) is 10.6. The number of hydrogen-bond donors (Lipinski definition) is 2. The number of carbonyl (C=O) groups is 3. The van der Waals surface area contributed by atoms with Crippen LogP contribution in [0.4, 0.5) is 10.1 Å². The van der Waals surface area contributed by atoms with Crippen LogP contribution in [0, 0.1) is 5.82 Å². The smallest absolute Gasteiger partial charge is 0.238 e. The summed E-state index contributed by atoms with van der Waals surface area (Å²) in [5, 5.41) is 5.48. The molecule has 2 rings (SSSR count).